The summed E-state index contributed by atoms with van der Waals surface area (Å²) in [7, 11) is 5.39. The largest absolute Gasteiger partial charge is 0.455 e. The predicted octanol–water partition coefficient (Wildman–Crippen LogP) is 5.72. The van der Waals surface area contributed by atoms with Crippen molar-refractivity contribution in [3.05, 3.63) is 46.5 Å². The highest BCUT2D eigenvalue weighted by molar-refractivity contribution is 6.31. The van der Waals surface area contributed by atoms with Crippen molar-refractivity contribution in [2.45, 2.75) is 141 Å². The normalized spacial score (nSPS) is 38.5. The SMILES string of the molecule is CC[C@H]1OC(=O)/C(C)=C/[C@H](C)[C@@H](O[C@@H]2O[C@H](C)C[C@H](N(C)C)[C@H]2O)[C@](C)(OC)C[C@@H](C)C(=O)[C@H](C)[C@H]2N(NCCCc3ccccc3Cl)C(=O)O[C@]12C. The number of benzene rings is 1. The van der Waals surface area contributed by atoms with Gasteiger partial charge < -0.3 is 33.7 Å². The number of aryl methyl sites for hydroxylation is 1. The van der Waals surface area contributed by atoms with Crippen molar-refractivity contribution >= 4 is 29.4 Å². The van der Waals surface area contributed by atoms with Crippen molar-refractivity contribution < 1.29 is 43.2 Å². The van der Waals surface area contributed by atoms with Gasteiger partial charge in [0.15, 0.2) is 11.9 Å². The van der Waals surface area contributed by atoms with Crippen LogP contribution in [0, 0.1) is 17.8 Å². The fourth-order valence-corrected chi connectivity index (χ4v) is 8.85. The molecule has 53 heavy (non-hydrogen) atoms. The molecular weight excluding hydrogens is 702 g/mol. The first kappa shape index (κ1) is 43.2. The van der Waals surface area contributed by atoms with E-state index in [1.165, 1.54) is 5.01 Å². The highest BCUT2D eigenvalue weighted by atomic mass is 35.5. The van der Waals surface area contributed by atoms with Crippen LogP contribution < -0.4 is 5.43 Å². The number of carbonyl (C=O) groups is 3. The van der Waals surface area contributed by atoms with Crippen LogP contribution in [-0.2, 0) is 39.7 Å². The summed E-state index contributed by atoms with van der Waals surface area (Å²) in [5.74, 6) is -2.44. The molecule has 1 aromatic carbocycles. The van der Waals surface area contributed by atoms with Crippen LogP contribution in [0.1, 0.15) is 86.6 Å². The van der Waals surface area contributed by atoms with Crippen LogP contribution in [0.15, 0.2) is 35.9 Å². The van der Waals surface area contributed by atoms with E-state index in [1.54, 1.807) is 34.0 Å². The first-order chi connectivity index (χ1) is 24.9. The molecule has 2 saturated heterocycles. The molecule has 12 nitrogen and oxygen atoms in total. The van der Waals surface area contributed by atoms with E-state index in [1.807, 2.05) is 77.9 Å². The smallest absolute Gasteiger partial charge is 0.425 e. The zero-order valence-electron chi connectivity index (χ0n) is 33.4. The number of nitrogens with one attached hydrogen (secondary N) is 1. The van der Waals surface area contributed by atoms with E-state index in [4.69, 9.17) is 35.3 Å². The molecule has 0 aliphatic carbocycles. The first-order valence-corrected chi connectivity index (χ1v) is 19.4. The minimum absolute atomic E-state index is 0.114. The van der Waals surface area contributed by atoms with E-state index in [-0.39, 0.29) is 24.3 Å². The Bertz CT molecular complexity index is 1480. The molecule has 4 rings (SSSR count). The Morgan fingerprint density at radius 3 is 2.42 bits per heavy atom. The number of fused-ring (bicyclic) bond motifs is 1. The number of nitrogens with zero attached hydrogens (tertiary/aromatic N) is 2. The number of ketones is 1. The van der Waals surface area contributed by atoms with E-state index in [2.05, 4.69) is 5.43 Å². The number of Topliss-reactive ketones (excluding diaryl/α,β-unsaturated/α-hetero) is 1. The molecule has 298 valence electrons. The van der Waals surface area contributed by atoms with E-state index >= 15 is 0 Å². The van der Waals surface area contributed by atoms with E-state index in [0.717, 1.165) is 5.56 Å². The molecular formula is C40H62ClN3O9. The third-order valence-corrected chi connectivity index (χ3v) is 11.9. The van der Waals surface area contributed by atoms with Crippen LogP contribution in [0.25, 0.3) is 0 Å². The molecule has 0 saturated carbocycles. The van der Waals surface area contributed by atoms with Crippen LogP contribution >= 0.6 is 11.6 Å². The summed E-state index contributed by atoms with van der Waals surface area (Å²) in [6.07, 6.45) is -0.0701. The Labute approximate surface area is 320 Å². The fourth-order valence-electron chi connectivity index (χ4n) is 8.62. The van der Waals surface area contributed by atoms with Gasteiger partial charge in [0, 0.05) is 48.0 Å². The summed E-state index contributed by atoms with van der Waals surface area (Å²) in [6, 6.07) is 6.61. The van der Waals surface area contributed by atoms with Crippen LogP contribution in [0.2, 0.25) is 5.02 Å². The maximum atomic E-state index is 14.6. The van der Waals surface area contributed by atoms with Crippen LogP contribution in [-0.4, -0.2) is 115 Å². The highest BCUT2D eigenvalue weighted by Gasteiger charge is 2.60. The Morgan fingerprint density at radius 2 is 1.79 bits per heavy atom. The molecule has 13 heteroatoms. The van der Waals surface area contributed by atoms with Gasteiger partial charge in [-0.25, -0.2) is 20.0 Å². The molecule has 1 amide bonds. The number of aliphatic hydroxyl groups is 1. The van der Waals surface area contributed by atoms with Crippen molar-refractivity contribution in [3.8, 4) is 0 Å². The number of methoxy groups -OCH3 is 1. The van der Waals surface area contributed by atoms with E-state index in [9.17, 15) is 19.5 Å². The maximum Gasteiger partial charge on any atom is 0.425 e. The van der Waals surface area contributed by atoms with Crippen LogP contribution in [0.3, 0.4) is 0 Å². The van der Waals surface area contributed by atoms with Gasteiger partial charge in [0.25, 0.3) is 0 Å². The number of ether oxygens (including phenoxy) is 5. The van der Waals surface area contributed by atoms with E-state index in [0.29, 0.717) is 42.8 Å². The number of hydrogen-bond donors (Lipinski definition) is 2. The highest BCUT2D eigenvalue weighted by Crippen LogP contribution is 2.42. The number of likely N-dealkylation sites (N-methyl/N-ethyl adjacent to an activating group) is 1. The molecule has 0 spiro atoms. The minimum atomic E-state index is -1.35. The summed E-state index contributed by atoms with van der Waals surface area (Å²) >= 11 is 6.38. The molecule has 2 fully saturated rings. The molecule has 3 aliphatic heterocycles. The molecule has 3 aliphatic rings. The van der Waals surface area contributed by atoms with Gasteiger partial charge in [-0.2, -0.15) is 0 Å². The van der Waals surface area contributed by atoms with Gasteiger partial charge in [-0.15, -0.1) is 0 Å². The number of hydrogen-bond acceptors (Lipinski definition) is 11. The lowest BCUT2D eigenvalue weighted by molar-refractivity contribution is -0.294. The van der Waals surface area contributed by atoms with Crippen LogP contribution in [0.5, 0.6) is 0 Å². The van der Waals surface area contributed by atoms with Crippen molar-refractivity contribution in [2.24, 2.45) is 17.8 Å². The monoisotopic (exact) mass is 763 g/mol. The number of cyclic esters (lactones) is 1. The number of esters is 1. The Hall–Kier alpha value is -2.58. The number of hydrazine groups is 1. The van der Waals surface area contributed by atoms with Gasteiger partial charge in [-0.3, -0.25) is 4.79 Å². The van der Waals surface area contributed by atoms with Crippen molar-refractivity contribution in [3.63, 3.8) is 0 Å². The topological polar surface area (TPSA) is 136 Å². The second kappa shape index (κ2) is 17.9. The second-order valence-corrected chi connectivity index (χ2v) is 16.3. The molecule has 1 aromatic rings. The van der Waals surface area contributed by atoms with Gasteiger partial charge in [-0.05, 0) is 85.5 Å². The summed E-state index contributed by atoms with van der Waals surface area (Å²) in [6.45, 7) is 15.1. The average Bonchev–Trinajstić information content (AvgIpc) is 3.37. The van der Waals surface area contributed by atoms with Crippen molar-refractivity contribution in [2.75, 3.05) is 27.7 Å². The van der Waals surface area contributed by atoms with Gasteiger partial charge in [0.05, 0.1) is 17.8 Å². The third-order valence-electron chi connectivity index (χ3n) is 11.5. The Balaban J connectivity index is 1.70. The van der Waals surface area contributed by atoms with Crippen molar-refractivity contribution in [1.29, 1.82) is 0 Å². The first-order valence-electron chi connectivity index (χ1n) is 19.0. The molecule has 0 aromatic heterocycles. The van der Waals surface area contributed by atoms with Crippen molar-refractivity contribution in [1.82, 2.24) is 15.3 Å². The summed E-state index contributed by atoms with van der Waals surface area (Å²) in [4.78, 5) is 44.0. The summed E-state index contributed by atoms with van der Waals surface area (Å²) in [5, 5.41) is 13.5. The lowest BCUT2D eigenvalue weighted by Gasteiger charge is -2.46. The second-order valence-electron chi connectivity index (χ2n) is 15.9. The van der Waals surface area contributed by atoms with Gasteiger partial charge in [-0.1, -0.05) is 63.6 Å². The standard InChI is InChI=1S/C40H62ClN3O9/c1-12-31-40(8)34(44(38(48)53-40)42-19-15-17-28-16-13-14-18-29(28)41)27(6)32(45)25(4)22-39(7,49-11)35(23(2)20-24(3)36(47)51-31)52-37-33(46)30(43(9)10)21-26(5)50-37/h13-14,16,18,20,23,25-27,30-31,33-35,37,42,46H,12,15,17,19,21-22H2,1-11H3/b24-20+/t23-,25+,26+,27-,30-,31+,33+,34+,35+,37-,39+,40+/m0/s1. The quantitative estimate of drug-likeness (QED) is 0.224. The number of halogens is 1. The number of aliphatic hydroxyl groups excluding tert-OH is 1. The minimum Gasteiger partial charge on any atom is -0.455 e. The van der Waals surface area contributed by atoms with E-state index < -0.39 is 71.7 Å². The number of amides is 1. The fraction of sp³-hybridized carbons (Fsp3) is 0.725. The Kier molecular flexibility index (Phi) is 14.6. The lowest BCUT2D eigenvalue weighted by atomic mass is 9.74. The molecule has 0 unspecified atom stereocenters. The zero-order valence-corrected chi connectivity index (χ0v) is 34.1. The summed E-state index contributed by atoms with van der Waals surface area (Å²) in [5.41, 5.74) is 2.14. The molecule has 0 radical (unpaired) electrons. The zero-order chi connectivity index (χ0) is 39.4. The lowest BCUT2D eigenvalue weighted by Crippen LogP contribution is -2.60. The van der Waals surface area contributed by atoms with Gasteiger partial charge in [0.2, 0.25) is 0 Å². The molecule has 12 atom stereocenters. The predicted molar refractivity (Wildman–Crippen MR) is 202 cm³/mol. The average molecular weight is 764 g/mol. The number of rotatable bonds is 10. The number of carbonyl (C=O) groups excluding carboxylic acids is 3. The maximum absolute atomic E-state index is 14.6. The van der Waals surface area contributed by atoms with Gasteiger partial charge in [0.1, 0.15) is 24.0 Å². The molecule has 3 heterocycles. The third kappa shape index (κ3) is 9.45. The molecule has 2 N–H and O–H groups in total. The van der Waals surface area contributed by atoms with Crippen LogP contribution in [0.4, 0.5) is 4.79 Å². The summed E-state index contributed by atoms with van der Waals surface area (Å²) < 4.78 is 31.3. The Morgan fingerprint density at radius 1 is 1.11 bits per heavy atom. The van der Waals surface area contributed by atoms with Gasteiger partial charge >= 0.3 is 12.1 Å². The molecule has 0 bridgehead atoms.